The highest BCUT2D eigenvalue weighted by Crippen LogP contribution is 2.16. The monoisotopic (exact) mass is 236 g/mol. The molecule has 0 spiro atoms. The van der Waals surface area contributed by atoms with Gasteiger partial charge in [0.25, 0.3) is 0 Å². The van der Waals surface area contributed by atoms with Crippen LogP contribution in [0.1, 0.15) is 22.8 Å². The highest BCUT2D eigenvalue weighted by molar-refractivity contribution is 5.92. The molecule has 92 valence electrons. The summed E-state index contributed by atoms with van der Waals surface area (Å²) in [7, 11) is 0. The Bertz CT molecular complexity index is 443. The molecule has 1 rings (SSSR count). The predicted octanol–water partition coefficient (Wildman–Crippen LogP) is 0.855. The average Bonchev–Trinajstić information content (AvgIpc) is 2.29. The standard InChI is InChI=1S/C12H16N2O3/c1-7(11(14)15)6-17-12(16)9-4-3-5-10(13)8(9)2/h3-5,7H,6,13H2,1-2H3,(H2,14,15). The Labute approximate surface area is 99.7 Å². The van der Waals surface area contributed by atoms with E-state index >= 15 is 0 Å². The number of hydrogen-bond acceptors (Lipinski definition) is 4. The van der Waals surface area contributed by atoms with Crippen LogP contribution in [-0.2, 0) is 9.53 Å². The summed E-state index contributed by atoms with van der Waals surface area (Å²) in [5.41, 5.74) is 12.4. The fourth-order valence-corrected chi connectivity index (χ4v) is 1.24. The van der Waals surface area contributed by atoms with Crippen LogP contribution in [0.5, 0.6) is 0 Å². The minimum atomic E-state index is -0.500. The maximum Gasteiger partial charge on any atom is 0.338 e. The van der Waals surface area contributed by atoms with Crippen LogP contribution in [0.4, 0.5) is 5.69 Å². The molecule has 0 aliphatic rings. The third-order valence-corrected chi connectivity index (χ3v) is 2.55. The number of rotatable bonds is 4. The van der Waals surface area contributed by atoms with E-state index in [2.05, 4.69) is 0 Å². The van der Waals surface area contributed by atoms with Gasteiger partial charge in [-0.1, -0.05) is 13.0 Å². The number of hydrogen-bond donors (Lipinski definition) is 2. The minimum Gasteiger partial charge on any atom is -0.461 e. The van der Waals surface area contributed by atoms with E-state index in [1.165, 1.54) is 0 Å². The zero-order chi connectivity index (χ0) is 13.0. The number of carbonyl (C=O) groups excluding carboxylic acids is 2. The van der Waals surface area contributed by atoms with Crippen LogP contribution in [0.15, 0.2) is 18.2 Å². The van der Waals surface area contributed by atoms with Gasteiger partial charge in [-0.25, -0.2) is 4.79 Å². The van der Waals surface area contributed by atoms with Crippen molar-refractivity contribution in [1.29, 1.82) is 0 Å². The second kappa shape index (κ2) is 5.34. The molecule has 0 aromatic heterocycles. The number of carbonyl (C=O) groups is 2. The van der Waals surface area contributed by atoms with Gasteiger partial charge in [-0.2, -0.15) is 0 Å². The van der Waals surface area contributed by atoms with Crippen molar-refractivity contribution in [3.8, 4) is 0 Å². The fourth-order valence-electron chi connectivity index (χ4n) is 1.24. The molecule has 1 atom stereocenters. The topological polar surface area (TPSA) is 95.4 Å². The van der Waals surface area contributed by atoms with Gasteiger partial charge < -0.3 is 16.2 Å². The molecule has 0 fully saturated rings. The molecule has 17 heavy (non-hydrogen) atoms. The molecule has 1 aromatic carbocycles. The molecule has 1 unspecified atom stereocenters. The maximum absolute atomic E-state index is 11.7. The van der Waals surface area contributed by atoms with Crippen molar-refractivity contribution < 1.29 is 14.3 Å². The Morgan fingerprint density at radius 3 is 2.65 bits per heavy atom. The van der Waals surface area contributed by atoms with Crippen molar-refractivity contribution in [2.75, 3.05) is 12.3 Å². The first-order valence-electron chi connectivity index (χ1n) is 5.25. The Kier molecular flexibility index (Phi) is 4.09. The summed E-state index contributed by atoms with van der Waals surface area (Å²) in [6, 6.07) is 5.01. The van der Waals surface area contributed by atoms with Crippen LogP contribution in [-0.4, -0.2) is 18.5 Å². The zero-order valence-corrected chi connectivity index (χ0v) is 9.90. The number of anilines is 1. The van der Waals surface area contributed by atoms with E-state index in [1.54, 1.807) is 32.0 Å². The van der Waals surface area contributed by atoms with E-state index in [1.807, 2.05) is 0 Å². The molecule has 0 bridgehead atoms. The van der Waals surface area contributed by atoms with Crippen molar-refractivity contribution in [2.45, 2.75) is 13.8 Å². The van der Waals surface area contributed by atoms with Gasteiger partial charge >= 0.3 is 5.97 Å². The Balaban J connectivity index is 2.71. The summed E-state index contributed by atoms with van der Waals surface area (Å²) in [5.74, 6) is -1.50. The van der Waals surface area contributed by atoms with Gasteiger partial charge in [0, 0.05) is 5.69 Å². The molecular formula is C12H16N2O3. The third kappa shape index (κ3) is 3.21. The number of primary amides is 1. The Hall–Kier alpha value is -2.04. The largest absolute Gasteiger partial charge is 0.461 e. The van der Waals surface area contributed by atoms with Gasteiger partial charge in [-0.3, -0.25) is 4.79 Å². The number of nitrogens with two attached hydrogens (primary N) is 2. The molecule has 0 aliphatic carbocycles. The van der Waals surface area contributed by atoms with Crippen molar-refractivity contribution >= 4 is 17.6 Å². The molecular weight excluding hydrogens is 220 g/mol. The average molecular weight is 236 g/mol. The van der Waals surface area contributed by atoms with E-state index in [0.717, 1.165) is 0 Å². The van der Waals surface area contributed by atoms with Crippen LogP contribution < -0.4 is 11.5 Å². The van der Waals surface area contributed by atoms with E-state index in [4.69, 9.17) is 16.2 Å². The first kappa shape index (κ1) is 13.0. The van der Waals surface area contributed by atoms with Crippen molar-refractivity contribution in [3.63, 3.8) is 0 Å². The van der Waals surface area contributed by atoms with Gasteiger partial charge in [0.15, 0.2) is 0 Å². The molecule has 0 saturated carbocycles. The third-order valence-electron chi connectivity index (χ3n) is 2.55. The highest BCUT2D eigenvalue weighted by Gasteiger charge is 2.15. The molecule has 4 N–H and O–H groups in total. The molecule has 5 heteroatoms. The van der Waals surface area contributed by atoms with Crippen molar-refractivity contribution in [1.82, 2.24) is 0 Å². The summed E-state index contributed by atoms with van der Waals surface area (Å²) in [4.78, 5) is 22.5. The second-order valence-corrected chi connectivity index (χ2v) is 3.92. The molecule has 5 nitrogen and oxygen atoms in total. The Morgan fingerprint density at radius 2 is 2.06 bits per heavy atom. The fraction of sp³-hybridized carbons (Fsp3) is 0.333. The lowest BCUT2D eigenvalue weighted by molar-refractivity contribution is -0.122. The number of esters is 1. The lowest BCUT2D eigenvalue weighted by atomic mass is 10.1. The zero-order valence-electron chi connectivity index (χ0n) is 9.90. The number of amides is 1. The summed E-state index contributed by atoms with van der Waals surface area (Å²) in [6.07, 6.45) is 0. The first-order valence-corrected chi connectivity index (χ1v) is 5.25. The number of nitrogen functional groups attached to an aromatic ring is 1. The second-order valence-electron chi connectivity index (χ2n) is 3.92. The molecule has 0 heterocycles. The van der Waals surface area contributed by atoms with Crippen LogP contribution in [0.3, 0.4) is 0 Å². The van der Waals surface area contributed by atoms with E-state index < -0.39 is 17.8 Å². The van der Waals surface area contributed by atoms with Crippen LogP contribution >= 0.6 is 0 Å². The summed E-state index contributed by atoms with van der Waals surface area (Å²) < 4.78 is 4.99. The summed E-state index contributed by atoms with van der Waals surface area (Å²) in [6.45, 7) is 3.31. The van der Waals surface area contributed by atoms with Crippen LogP contribution in [0.2, 0.25) is 0 Å². The summed E-state index contributed by atoms with van der Waals surface area (Å²) in [5, 5.41) is 0. The van der Waals surface area contributed by atoms with Gasteiger partial charge in [-0.15, -0.1) is 0 Å². The predicted molar refractivity (Wildman–Crippen MR) is 64.2 cm³/mol. The minimum absolute atomic E-state index is 0.0254. The molecule has 1 aromatic rings. The molecule has 0 radical (unpaired) electrons. The number of benzene rings is 1. The van der Waals surface area contributed by atoms with E-state index in [0.29, 0.717) is 16.8 Å². The first-order chi connectivity index (χ1) is 7.93. The van der Waals surface area contributed by atoms with Crippen LogP contribution in [0.25, 0.3) is 0 Å². The van der Waals surface area contributed by atoms with Crippen molar-refractivity contribution in [2.24, 2.45) is 11.7 Å². The van der Waals surface area contributed by atoms with Gasteiger partial charge in [0.1, 0.15) is 6.61 Å². The SMILES string of the molecule is Cc1c(N)cccc1C(=O)OCC(C)C(N)=O. The van der Waals surface area contributed by atoms with Gasteiger partial charge in [-0.05, 0) is 24.6 Å². The van der Waals surface area contributed by atoms with E-state index in [-0.39, 0.29) is 6.61 Å². The van der Waals surface area contributed by atoms with E-state index in [9.17, 15) is 9.59 Å². The van der Waals surface area contributed by atoms with Crippen molar-refractivity contribution in [3.05, 3.63) is 29.3 Å². The Morgan fingerprint density at radius 1 is 1.41 bits per heavy atom. The quantitative estimate of drug-likeness (QED) is 0.598. The lowest BCUT2D eigenvalue weighted by Crippen LogP contribution is -2.26. The maximum atomic E-state index is 11.7. The molecule has 0 saturated heterocycles. The van der Waals surface area contributed by atoms with Gasteiger partial charge in [0.05, 0.1) is 11.5 Å². The molecule has 0 aliphatic heterocycles. The normalized spacial score (nSPS) is 11.9. The molecule has 1 amide bonds. The summed E-state index contributed by atoms with van der Waals surface area (Å²) >= 11 is 0. The number of ether oxygens (including phenoxy) is 1. The highest BCUT2D eigenvalue weighted by atomic mass is 16.5. The lowest BCUT2D eigenvalue weighted by Gasteiger charge is -2.10. The van der Waals surface area contributed by atoms with Gasteiger partial charge in [0.2, 0.25) is 5.91 Å². The van der Waals surface area contributed by atoms with Crippen LogP contribution in [0, 0.1) is 12.8 Å². The smallest absolute Gasteiger partial charge is 0.338 e.